The van der Waals surface area contributed by atoms with Crippen molar-refractivity contribution in [3.05, 3.63) is 22.5 Å². The second-order valence-corrected chi connectivity index (χ2v) is 12.0. The Balaban J connectivity index is 1.67. The maximum atomic E-state index is 16.1. The van der Waals surface area contributed by atoms with Gasteiger partial charge in [-0.2, -0.15) is 0 Å². The van der Waals surface area contributed by atoms with Crippen LogP contribution >= 0.6 is 0 Å². The lowest BCUT2D eigenvalue weighted by atomic mass is 9.52. The first-order valence-corrected chi connectivity index (χ1v) is 12.9. The predicted octanol–water partition coefficient (Wildman–Crippen LogP) is -0.831. The molecule has 4 aliphatic rings. The van der Waals surface area contributed by atoms with Crippen LogP contribution in [-0.4, -0.2) is 93.3 Å². The summed E-state index contributed by atoms with van der Waals surface area (Å²) in [4.78, 5) is 82.1. The first-order valence-electron chi connectivity index (χ1n) is 12.9. The van der Waals surface area contributed by atoms with Crippen LogP contribution in [0, 0.1) is 29.5 Å². The van der Waals surface area contributed by atoms with Crippen LogP contribution in [0.15, 0.2) is 0 Å². The molecule has 0 aromatic heterocycles. The van der Waals surface area contributed by atoms with Crippen molar-refractivity contribution in [2.75, 3.05) is 26.5 Å². The maximum Gasteiger partial charge on any atom is 0.244 e. The number of primary amides is 1. The molecular formula is C27H31FN4O8. The summed E-state index contributed by atoms with van der Waals surface area (Å²) < 4.78 is 16.1. The van der Waals surface area contributed by atoms with Crippen LogP contribution in [-0.2, 0) is 36.9 Å². The summed E-state index contributed by atoms with van der Waals surface area (Å²) in [5, 5.41) is 25.3. The number of phenols is 1. The monoisotopic (exact) mass is 558 g/mol. The van der Waals surface area contributed by atoms with Crippen molar-refractivity contribution >= 4 is 40.6 Å². The Morgan fingerprint density at radius 2 is 1.75 bits per heavy atom. The molecule has 1 aromatic rings. The molecule has 214 valence electrons. The number of likely N-dealkylation sites (N-methyl/N-ethyl adjacent to an activating group) is 2. The van der Waals surface area contributed by atoms with E-state index < -0.39 is 92.9 Å². The van der Waals surface area contributed by atoms with Crippen LogP contribution < -0.4 is 11.1 Å². The smallest absolute Gasteiger partial charge is 0.244 e. The van der Waals surface area contributed by atoms with Gasteiger partial charge >= 0.3 is 0 Å². The molecule has 2 fully saturated rings. The van der Waals surface area contributed by atoms with Crippen LogP contribution in [0.25, 0.3) is 0 Å². The number of amides is 2. The van der Waals surface area contributed by atoms with Crippen molar-refractivity contribution in [1.29, 1.82) is 0 Å². The highest BCUT2D eigenvalue weighted by molar-refractivity contribution is 6.32. The molecule has 1 aliphatic heterocycles. The van der Waals surface area contributed by atoms with E-state index in [0.29, 0.717) is 0 Å². The van der Waals surface area contributed by atoms with Crippen molar-refractivity contribution in [2.24, 2.45) is 29.4 Å². The molecule has 0 spiro atoms. The highest BCUT2D eigenvalue weighted by Gasteiger charge is 2.69. The third kappa shape index (κ3) is 3.40. The molecule has 12 nitrogen and oxygen atoms in total. The number of anilines is 1. The molecule has 13 heteroatoms. The van der Waals surface area contributed by atoms with Crippen molar-refractivity contribution in [3.8, 4) is 5.75 Å². The Labute approximate surface area is 228 Å². The Morgan fingerprint density at radius 3 is 2.33 bits per heavy atom. The number of carbonyl (C=O) groups excluding carboxylic acids is 6. The highest BCUT2D eigenvalue weighted by atomic mass is 19.1. The van der Waals surface area contributed by atoms with E-state index in [1.165, 1.54) is 19.0 Å². The van der Waals surface area contributed by atoms with Gasteiger partial charge in [0.25, 0.3) is 0 Å². The molecule has 0 radical (unpaired) electrons. The number of hydrogen-bond donors (Lipinski definition) is 4. The third-order valence-corrected chi connectivity index (χ3v) is 9.40. The molecule has 3 aliphatic carbocycles. The number of halogens is 1. The van der Waals surface area contributed by atoms with E-state index in [0.717, 1.165) is 0 Å². The fourth-order valence-electron chi connectivity index (χ4n) is 6.91. The van der Waals surface area contributed by atoms with Gasteiger partial charge in [0.05, 0.1) is 28.7 Å². The molecule has 2 amide bonds. The summed E-state index contributed by atoms with van der Waals surface area (Å²) in [6.07, 6.45) is -0.398. The second kappa shape index (κ2) is 8.72. The second-order valence-electron chi connectivity index (χ2n) is 12.0. The van der Waals surface area contributed by atoms with Gasteiger partial charge in [-0.25, -0.2) is 4.39 Å². The molecule has 5 rings (SSSR count). The zero-order valence-electron chi connectivity index (χ0n) is 22.7. The van der Waals surface area contributed by atoms with Crippen LogP contribution in [0.2, 0.25) is 0 Å². The number of nitrogens with two attached hydrogens (primary N) is 1. The number of Topliss-reactive ketones (excluding diaryl/α,β-unsaturated/α-hetero) is 4. The molecule has 1 heterocycles. The zero-order valence-corrected chi connectivity index (χ0v) is 22.7. The normalized spacial score (nSPS) is 33.5. The fourth-order valence-corrected chi connectivity index (χ4v) is 6.91. The Bertz CT molecular complexity index is 1440. The van der Waals surface area contributed by atoms with Gasteiger partial charge in [0.15, 0.2) is 40.4 Å². The van der Waals surface area contributed by atoms with E-state index in [1.807, 2.05) is 0 Å². The molecular weight excluding hydrogens is 527 g/mol. The van der Waals surface area contributed by atoms with Crippen molar-refractivity contribution in [1.82, 2.24) is 9.80 Å². The standard InChI is InChI=1S/C27H31FN4O8/c1-26(2)25(39)30-17-11(8-32(26)5)16(28)10-6-9-7-12-18(31(3)4)21(35)15(24(29)38)23(37)27(12,40)22(36)13(9)19(33)14(10)20(17)34/h9,12-13,15,18,34,40H,6-8H2,1-5H3,(H2,29,38)(H,30,39). The van der Waals surface area contributed by atoms with Crippen molar-refractivity contribution < 1.29 is 43.4 Å². The van der Waals surface area contributed by atoms with Gasteiger partial charge in [0, 0.05) is 23.6 Å². The van der Waals surface area contributed by atoms with Gasteiger partial charge in [0.1, 0.15) is 5.82 Å². The molecule has 40 heavy (non-hydrogen) atoms. The Morgan fingerprint density at radius 1 is 1.12 bits per heavy atom. The van der Waals surface area contributed by atoms with Gasteiger partial charge in [-0.05, 0) is 53.8 Å². The summed E-state index contributed by atoms with van der Waals surface area (Å²) in [7, 11) is 4.58. The van der Waals surface area contributed by atoms with E-state index in [9.17, 15) is 39.0 Å². The van der Waals surface area contributed by atoms with Crippen LogP contribution in [0.4, 0.5) is 10.1 Å². The summed E-state index contributed by atoms with van der Waals surface area (Å²) in [6.45, 7) is 3.16. The molecule has 0 bridgehead atoms. The van der Waals surface area contributed by atoms with Gasteiger partial charge in [0.2, 0.25) is 11.8 Å². The van der Waals surface area contributed by atoms with E-state index in [-0.39, 0.29) is 36.2 Å². The number of ketones is 4. The minimum Gasteiger partial charge on any atom is -0.505 e. The average Bonchev–Trinajstić information content (AvgIpc) is 2.94. The van der Waals surface area contributed by atoms with Crippen molar-refractivity contribution in [2.45, 2.75) is 50.4 Å². The number of hydrogen-bond acceptors (Lipinski definition) is 10. The maximum absolute atomic E-state index is 16.1. The lowest BCUT2D eigenvalue weighted by Gasteiger charge is -2.52. The lowest BCUT2D eigenvalue weighted by molar-refractivity contribution is -0.181. The molecule has 6 atom stereocenters. The SMILES string of the molecule is CN(C)C1C(=O)C(C(N)=O)C(=O)C2(O)C(=O)C3C(=O)c4c(O)c5c(c(F)c4CC3CC12)CN(C)C(C)(C)C(=O)N5. The lowest BCUT2D eigenvalue weighted by Crippen LogP contribution is -2.74. The quantitative estimate of drug-likeness (QED) is 0.264. The number of nitrogens with one attached hydrogen (secondary N) is 1. The fraction of sp³-hybridized carbons (Fsp3) is 0.556. The Kier molecular flexibility index (Phi) is 6.10. The van der Waals surface area contributed by atoms with Crippen molar-refractivity contribution in [3.63, 3.8) is 0 Å². The number of nitrogens with zero attached hydrogens (tertiary/aromatic N) is 2. The number of rotatable bonds is 2. The van der Waals surface area contributed by atoms with Gasteiger partial charge in [-0.1, -0.05) is 0 Å². The first-order chi connectivity index (χ1) is 18.5. The van der Waals surface area contributed by atoms with Crippen LogP contribution in [0.1, 0.15) is 41.8 Å². The zero-order chi connectivity index (χ0) is 29.8. The first kappa shape index (κ1) is 28.0. The minimum absolute atomic E-state index is 0.0268. The van der Waals surface area contributed by atoms with Gasteiger partial charge < -0.3 is 21.3 Å². The number of phenolic OH excluding ortho intramolecular Hbond substituents is 1. The number of carbonyl (C=O) groups is 6. The Hall–Kier alpha value is -3.55. The van der Waals surface area contributed by atoms with E-state index >= 15 is 4.39 Å². The topological polar surface area (TPSA) is 187 Å². The minimum atomic E-state index is -2.88. The van der Waals surface area contributed by atoms with Gasteiger partial charge in [-0.15, -0.1) is 0 Å². The van der Waals surface area contributed by atoms with Gasteiger partial charge in [-0.3, -0.25) is 38.6 Å². The predicted molar refractivity (Wildman–Crippen MR) is 135 cm³/mol. The number of aliphatic hydroxyl groups is 1. The molecule has 0 saturated heterocycles. The van der Waals surface area contributed by atoms with Crippen LogP contribution in [0.5, 0.6) is 5.75 Å². The summed E-state index contributed by atoms with van der Waals surface area (Å²) in [6, 6.07) is -1.25. The summed E-state index contributed by atoms with van der Waals surface area (Å²) in [5.74, 6) is -13.9. The molecule has 6 unspecified atom stereocenters. The van der Waals surface area contributed by atoms with Crippen LogP contribution in [0.3, 0.4) is 0 Å². The number of benzene rings is 1. The number of aromatic hydroxyl groups is 1. The third-order valence-electron chi connectivity index (χ3n) is 9.40. The number of fused-ring (bicyclic) bond motifs is 4. The molecule has 2 saturated carbocycles. The molecule has 1 aromatic carbocycles. The molecule has 5 N–H and O–H groups in total. The summed E-state index contributed by atoms with van der Waals surface area (Å²) >= 11 is 0. The average molecular weight is 559 g/mol. The largest absolute Gasteiger partial charge is 0.505 e. The highest BCUT2D eigenvalue weighted by Crippen LogP contribution is 2.52. The van der Waals surface area contributed by atoms with E-state index in [2.05, 4.69) is 5.32 Å². The summed E-state index contributed by atoms with van der Waals surface area (Å²) in [5.41, 5.74) is 0.381. The van der Waals surface area contributed by atoms with E-state index in [1.54, 1.807) is 25.8 Å². The van der Waals surface area contributed by atoms with E-state index in [4.69, 9.17) is 5.73 Å².